The number of hydrogen-bond donors (Lipinski definition) is 8. The Morgan fingerprint density at radius 2 is 1.73 bits per heavy atom. The van der Waals surface area contributed by atoms with Crippen molar-refractivity contribution in [1.29, 1.82) is 0 Å². The second-order valence-electron chi connectivity index (χ2n) is 9.88. The number of nitrogens with one attached hydrogen (secondary N) is 1. The summed E-state index contributed by atoms with van der Waals surface area (Å²) in [6, 6.07) is -1.20. The number of aromatic amines is 1. The van der Waals surface area contributed by atoms with E-state index in [1.165, 1.54) is 15.5 Å². The monoisotopic (exact) mass is 674 g/mol. The molecule has 25 heteroatoms. The third-order valence-corrected chi connectivity index (χ3v) is 8.56. The molecule has 2 fully saturated rings. The van der Waals surface area contributed by atoms with Gasteiger partial charge in [0, 0.05) is 4.57 Å². The average Bonchev–Trinajstić information content (AvgIpc) is 3.73. The Hall–Kier alpha value is -3.57. The number of ether oxygens (including phenoxy) is 2. The Morgan fingerprint density at radius 3 is 2.44 bits per heavy atom. The fourth-order valence-corrected chi connectivity index (χ4v) is 6.53. The lowest BCUT2D eigenvalue weighted by molar-refractivity contribution is -0.0608. The van der Waals surface area contributed by atoms with Crippen molar-refractivity contribution in [3.63, 3.8) is 0 Å². The maximum Gasteiger partial charge on any atom is 0.695 e. The largest absolute Gasteiger partial charge is 0.695 e. The summed E-state index contributed by atoms with van der Waals surface area (Å²) in [7, 11) is -8.36. The highest BCUT2D eigenvalue weighted by molar-refractivity contribution is 7.47. The number of hydrogen-bond acceptors (Lipinski definition) is 18. The number of fused-ring (bicyclic) bond motifs is 2. The number of rotatable bonds is 10. The summed E-state index contributed by atoms with van der Waals surface area (Å²) in [6.07, 6.45) is -6.29. The molecule has 11 N–H and O–H groups in total. The molecule has 2 unspecified atom stereocenters. The molecular formula is C20H26N11O12P2+. The Balaban J connectivity index is 1.22. The molecule has 4 aromatic rings. The van der Waals surface area contributed by atoms with E-state index in [2.05, 4.69) is 29.9 Å². The first-order chi connectivity index (χ1) is 21.4. The number of nitrogens with zero attached hydrogens (tertiary/aromatic N) is 7. The van der Waals surface area contributed by atoms with Gasteiger partial charge in [-0.05, 0) is 0 Å². The molecule has 0 aliphatic carbocycles. The highest BCUT2D eigenvalue weighted by Crippen LogP contribution is 2.50. The van der Waals surface area contributed by atoms with Crippen LogP contribution >= 0.6 is 16.1 Å². The molecule has 6 rings (SSSR count). The first kappa shape index (κ1) is 31.4. The van der Waals surface area contributed by atoms with E-state index in [-0.39, 0.29) is 34.1 Å². The van der Waals surface area contributed by atoms with Crippen molar-refractivity contribution in [2.24, 2.45) is 5.73 Å². The molecule has 2 aliphatic rings. The van der Waals surface area contributed by atoms with Crippen molar-refractivity contribution in [2.45, 2.75) is 49.0 Å². The van der Waals surface area contributed by atoms with Crippen LogP contribution in [0.1, 0.15) is 12.5 Å². The van der Waals surface area contributed by atoms with Crippen molar-refractivity contribution >= 4 is 50.2 Å². The number of aliphatic hydroxyl groups excluding tert-OH is 2. The van der Waals surface area contributed by atoms with Gasteiger partial charge >= 0.3 is 16.1 Å². The number of nitrogens with two attached hydrogens (primary N) is 3. The molecule has 0 aromatic carbocycles. The van der Waals surface area contributed by atoms with Crippen LogP contribution in [0.25, 0.3) is 22.3 Å². The minimum absolute atomic E-state index is 0.0429. The Labute approximate surface area is 250 Å². The van der Waals surface area contributed by atoms with Gasteiger partial charge in [0.25, 0.3) is 5.56 Å². The number of nitrogen functional groups attached to an aromatic ring is 2. The SMILES string of the molecule is Nc1nc2c(ncn2[C@@H]2O[C@H](CO)[C@@H](N)[C@H]2OP(=O)(O)OC[C@H]2O[C@@H](n3cnc4c(N)ncnc43)[C@H](O)[C@@H]2O[P+](=O)O)c(=O)[nH]1. The van der Waals surface area contributed by atoms with Gasteiger partial charge in [0.15, 0.2) is 41.2 Å². The summed E-state index contributed by atoms with van der Waals surface area (Å²) in [4.78, 5) is 54.6. The molecular weight excluding hydrogens is 648 g/mol. The van der Waals surface area contributed by atoms with Crippen LogP contribution in [-0.2, 0) is 32.2 Å². The van der Waals surface area contributed by atoms with Gasteiger partial charge in [0.05, 0.1) is 31.9 Å². The topological polar surface area (TPSA) is 346 Å². The fraction of sp³-hybridized carbons (Fsp3) is 0.500. The zero-order valence-corrected chi connectivity index (χ0v) is 24.4. The number of aromatic nitrogens is 8. The van der Waals surface area contributed by atoms with Gasteiger partial charge < -0.3 is 41.8 Å². The smallest absolute Gasteiger partial charge is 0.394 e. The standard InChI is InChI=1S/C20H25N11O12P2/c21-8-6(1-32)40-19(31-5-27-10-16(31)28-20(23)29-17(10)34)13(8)43-45(37,38)39-2-7-12(42-44(35)36)11(33)18(41-7)30-4-26-9-14(22)24-3-25-15(9)30/h3-8,11-13,18-19,32-33H,1-2,21H2,(H6-,22,23,24,25,28,29,34,35,36,37,38)/p+1/t6-,7-,8-,11-,12-,13-,18-,19-/m1/s1. The van der Waals surface area contributed by atoms with Crippen LogP contribution in [-0.4, -0.2) is 109 Å². The van der Waals surface area contributed by atoms with E-state index in [0.717, 1.165) is 12.7 Å². The lowest BCUT2D eigenvalue weighted by atomic mass is 10.1. The molecule has 0 radical (unpaired) electrons. The first-order valence-electron chi connectivity index (χ1n) is 12.9. The minimum atomic E-state index is -5.09. The van der Waals surface area contributed by atoms with Crippen molar-refractivity contribution in [1.82, 2.24) is 39.0 Å². The summed E-state index contributed by atoms with van der Waals surface area (Å²) >= 11 is 0. The minimum Gasteiger partial charge on any atom is -0.394 e. The van der Waals surface area contributed by atoms with Gasteiger partial charge in [0.2, 0.25) is 5.95 Å². The van der Waals surface area contributed by atoms with Crippen LogP contribution in [0.3, 0.4) is 0 Å². The Bertz CT molecular complexity index is 1850. The highest BCUT2D eigenvalue weighted by Gasteiger charge is 2.52. The lowest BCUT2D eigenvalue weighted by Gasteiger charge is -2.25. The van der Waals surface area contributed by atoms with Crippen LogP contribution in [0.4, 0.5) is 11.8 Å². The maximum atomic E-state index is 13.2. The van der Waals surface area contributed by atoms with E-state index in [1.54, 1.807) is 0 Å². The molecule has 23 nitrogen and oxygen atoms in total. The quantitative estimate of drug-likeness (QED) is 0.0784. The zero-order valence-electron chi connectivity index (χ0n) is 22.6. The first-order valence-corrected chi connectivity index (χ1v) is 15.5. The summed E-state index contributed by atoms with van der Waals surface area (Å²) < 4.78 is 54.2. The van der Waals surface area contributed by atoms with Gasteiger partial charge in [-0.3, -0.25) is 28.0 Å². The molecule has 4 aromatic heterocycles. The Kier molecular flexibility index (Phi) is 8.36. The Morgan fingerprint density at radius 1 is 1.04 bits per heavy atom. The normalized spacial score (nSPS) is 30.3. The van der Waals surface area contributed by atoms with Gasteiger partial charge in [0.1, 0.15) is 36.3 Å². The van der Waals surface area contributed by atoms with Crippen molar-refractivity contribution in [2.75, 3.05) is 24.7 Å². The van der Waals surface area contributed by atoms with E-state index in [0.29, 0.717) is 0 Å². The summed E-state index contributed by atoms with van der Waals surface area (Å²) in [6.45, 7) is -1.42. The zero-order chi connectivity index (χ0) is 32.2. The number of imidazole rings is 2. The second-order valence-corrected chi connectivity index (χ2v) is 12.0. The number of phosphoric ester groups is 1. The number of aliphatic hydroxyl groups is 2. The van der Waals surface area contributed by atoms with Gasteiger partial charge in [-0.2, -0.15) is 4.98 Å². The molecule has 0 bridgehead atoms. The molecule has 0 saturated carbocycles. The molecule has 2 saturated heterocycles. The van der Waals surface area contributed by atoms with E-state index >= 15 is 0 Å². The van der Waals surface area contributed by atoms with Crippen LogP contribution in [0.5, 0.6) is 0 Å². The third kappa shape index (κ3) is 5.80. The second kappa shape index (κ2) is 12.0. The van der Waals surface area contributed by atoms with Crippen molar-refractivity contribution in [3.05, 3.63) is 29.3 Å². The summed E-state index contributed by atoms with van der Waals surface area (Å²) in [5, 5.41) is 20.7. The number of anilines is 2. The van der Waals surface area contributed by atoms with Crippen LogP contribution < -0.4 is 22.8 Å². The molecule has 242 valence electrons. The number of H-pyrrole nitrogens is 1. The predicted molar refractivity (Wildman–Crippen MR) is 147 cm³/mol. The lowest BCUT2D eigenvalue weighted by Crippen LogP contribution is -2.42. The maximum absolute atomic E-state index is 13.2. The fourth-order valence-electron chi connectivity index (χ4n) is 5.12. The van der Waals surface area contributed by atoms with E-state index < -0.39 is 83.9 Å². The van der Waals surface area contributed by atoms with Crippen molar-refractivity contribution < 1.29 is 52.2 Å². The molecule has 45 heavy (non-hydrogen) atoms. The molecule has 6 heterocycles. The van der Waals surface area contributed by atoms with E-state index in [9.17, 15) is 33.9 Å². The van der Waals surface area contributed by atoms with Crippen LogP contribution in [0.2, 0.25) is 0 Å². The highest BCUT2D eigenvalue weighted by atomic mass is 31.2. The molecule has 2 aliphatic heterocycles. The van der Waals surface area contributed by atoms with E-state index in [4.69, 9.17) is 40.2 Å². The van der Waals surface area contributed by atoms with Crippen molar-refractivity contribution in [3.8, 4) is 0 Å². The average molecular weight is 674 g/mol. The summed E-state index contributed by atoms with van der Waals surface area (Å²) in [5.74, 6) is -0.205. The van der Waals surface area contributed by atoms with Gasteiger partial charge in [-0.1, -0.05) is 0 Å². The molecule has 0 spiro atoms. The predicted octanol–water partition coefficient (Wildman–Crippen LogP) is -2.86. The van der Waals surface area contributed by atoms with Gasteiger partial charge in [-0.25, -0.2) is 24.5 Å². The van der Waals surface area contributed by atoms with Gasteiger partial charge in [-0.15, -0.1) is 9.42 Å². The van der Waals surface area contributed by atoms with Crippen LogP contribution in [0, 0.1) is 0 Å². The number of phosphoric acid groups is 1. The third-order valence-electron chi connectivity index (χ3n) is 7.15. The molecule has 0 amide bonds. The van der Waals surface area contributed by atoms with E-state index in [1.807, 2.05) is 0 Å². The summed E-state index contributed by atoms with van der Waals surface area (Å²) in [5.41, 5.74) is 17.1. The molecule has 10 atom stereocenters. The van der Waals surface area contributed by atoms with Crippen LogP contribution in [0.15, 0.2) is 23.8 Å².